The third-order valence-corrected chi connectivity index (χ3v) is 5.96. The van der Waals surface area contributed by atoms with Gasteiger partial charge in [-0.1, -0.05) is 31.6 Å². The van der Waals surface area contributed by atoms with E-state index in [9.17, 15) is 9.59 Å². The van der Waals surface area contributed by atoms with Crippen LogP contribution in [0.4, 0.5) is 0 Å². The molecule has 1 heterocycles. The zero-order valence-electron chi connectivity index (χ0n) is 17.7. The second kappa shape index (κ2) is 8.59. The monoisotopic (exact) mass is 378 g/mol. The van der Waals surface area contributed by atoms with E-state index in [4.69, 9.17) is 14.2 Å². The first-order valence-electron chi connectivity index (χ1n) is 9.94. The van der Waals surface area contributed by atoms with Gasteiger partial charge in [-0.05, 0) is 46.5 Å². The maximum Gasteiger partial charge on any atom is 0.333 e. The molecule has 0 spiro atoms. The lowest BCUT2D eigenvalue weighted by molar-refractivity contribution is -0.152. The van der Waals surface area contributed by atoms with Gasteiger partial charge in [-0.25, -0.2) is 4.79 Å². The highest BCUT2D eigenvalue weighted by atomic mass is 16.7. The molecule has 0 aromatic carbocycles. The lowest BCUT2D eigenvalue weighted by atomic mass is 9.79. The van der Waals surface area contributed by atoms with Gasteiger partial charge in [0, 0.05) is 24.8 Å². The molecule has 2 rings (SSSR count). The van der Waals surface area contributed by atoms with Gasteiger partial charge >= 0.3 is 11.9 Å². The Bertz CT molecular complexity index is 633. The van der Waals surface area contributed by atoms with Crippen molar-refractivity contribution in [1.29, 1.82) is 0 Å². The van der Waals surface area contributed by atoms with Crippen LogP contribution in [0.15, 0.2) is 23.3 Å². The van der Waals surface area contributed by atoms with Gasteiger partial charge in [0.05, 0.1) is 0 Å². The summed E-state index contributed by atoms with van der Waals surface area (Å²) in [5.41, 5.74) is 1.18. The highest BCUT2D eigenvalue weighted by Crippen LogP contribution is 2.49. The van der Waals surface area contributed by atoms with Crippen molar-refractivity contribution in [3.05, 3.63) is 23.3 Å². The zero-order valence-corrected chi connectivity index (χ0v) is 17.7. The second-order valence-corrected chi connectivity index (χ2v) is 8.39. The summed E-state index contributed by atoms with van der Waals surface area (Å²) in [6, 6.07) is 0. The molecule has 0 aromatic rings. The van der Waals surface area contributed by atoms with Crippen molar-refractivity contribution in [1.82, 2.24) is 0 Å². The van der Waals surface area contributed by atoms with Gasteiger partial charge in [0.25, 0.3) is 0 Å². The van der Waals surface area contributed by atoms with Crippen molar-refractivity contribution in [2.45, 2.75) is 91.6 Å². The molecular weight excluding hydrogens is 344 g/mol. The van der Waals surface area contributed by atoms with Crippen molar-refractivity contribution in [3.8, 4) is 0 Å². The number of epoxide rings is 1. The smallest absolute Gasteiger partial charge is 0.333 e. The van der Waals surface area contributed by atoms with Crippen molar-refractivity contribution >= 4 is 11.9 Å². The fraction of sp³-hybridized carbons (Fsp3) is 0.727. The van der Waals surface area contributed by atoms with E-state index in [1.807, 2.05) is 13.8 Å². The number of esters is 2. The summed E-state index contributed by atoms with van der Waals surface area (Å²) in [5.74, 6) is -0.0891. The van der Waals surface area contributed by atoms with Crippen LogP contribution in [-0.2, 0) is 23.8 Å². The Balaban J connectivity index is 2.35. The molecular formula is C22H34O5. The highest BCUT2D eigenvalue weighted by Gasteiger charge is 2.64. The predicted molar refractivity (Wildman–Crippen MR) is 104 cm³/mol. The number of carbonyl (C=O) groups is 2. The van der Waals surface area contributed by atoms with Crippen LogP contribution in [0, 0.1) is 11.8 Å². The topological polar surface area (TPSA) is 65.1 Å². The van der Waals surface area contributed by atoms with Gasteiger partial charge in [-0.2, -0.15) is 0 Å². The Kier molecular flexibility index (Phi) is 6.90. The number of carbonyl (C=O) groups excluding carboxylic acids is 2. The molecule has 0 aromatic heterocycles. The first-order chi connectivity index (χ1) is 12.6. The van der Waals surface area contributed by atoms with E-state index in [1.54, 1.807) is 13.0 Å². The Labute approximate surface area is 163 Å². The summed E-state index contributed by atoms with van der Waals surface area (Å²) in [4.78, 5) is 24.1. The molecule has 5 atom stereocenters. The standard InChI is InChI=1S/C22H34O5/c1-8-15(5)21(24)26-18-12-10-14(4)9-11-17(13(2)3)19(25-16(6)23)20-22(18,7)27-20/h8,10,13,17-20H,9,11-12H2,1-7H3. The maximum absolute atomic E-state index is 12.4. The first kappa shape index (κ1) is 21.7. The minimum atomic E-state index is -0.648. The molecule has 1 aliphatic carbocycles. The molecule has 0 amide bonds. The molecule has 5 heteroatoms. The van der Waals surface area contributed by atoms with Crippen LogP contribution in [0.2, 0.25) is 0 Å². The molecule has 27 heavy (non-hydrogen) atoms. The molecule has 152 valence electrons. The first-order valence-corrected chi connectivity index (χ1v) is 9.94. The second-order valence-electron chi connectivity index (χ2n) is 8.39. The van der Waals surface area contributed by atoms with E-state index in [-0.39, 0.29) is 30.1 Å². The number of hydrogen-bond acceptors (Lipinski definition) is 5. The number of rotatable bonds is 4. The zero-order chi connectivity index (χ0) is 20.4. The van der Waals surface area contributed by atoms with E-state index < -0.39 is 11.7 Å². The summed E-state index contributed by atoms with van der Waals surface area (Å²) < 4.78 is 17.6. The van der Waals surface area contributed by atoms with E-state index in [2.05, 4.69) is 26.8 Å². The van der Waals surface area contributed by atoms with Crippen LogP contribution < -0.4 is 0 Å². The fourth-order valence-corrected chi connectivity index (χ4v) is 3.88. The molecule has 5 unspecified atom stereocenters. The Morgan fingerprint density at radius 1 is 1.30 bits per heavy atom. The lowest BCUT2D eigenvalue weighted by Gasteiger charge is -2.31. The van der Waals surface area contributed by atoms with Crippen molar-refractivity contribution in [2.75, 3.05) is 0 Å². The van der Waals surface area contributed by atoms with Crippen molar-refractivity contribution in [3.63, 3.8) is 0 Å². The summed E-state index contributed by atoms with van der Waals surface area (Å²) in [6.45, 7) is 13.4. The van der Waals surface area contributed by atoms with Gasteiger partial charge in [-0.15, -0.1) is 0 Å². The number of hydrogen-bond donors (Lipinski definition) is 0. The summed E-state index contributed by atoms with van der Waals surface area (Å²) in [7, 11) is 0. The molecule has 2 aliphatic rings. The predicted octanol–water partition coefficient (Wildman–Crippen LogP) is 4.36. The quantitative estimate of drug-likeness (QED) is 0.315. The van der Waals surface area contributed by atoms with Gasteiger partial charge in [0.15, 0.2) is 0 Å². The SMILES string of the molecule is CC=C(C)C(=O)OC1CC=C(C)CCC(C(C)C)C(OC(C)=O)C2OC12C. The number of allylic oxidation sites excluding steroid dienone is 2. The van der Waals surface area contributed by atoms with Crippen LogP contribution >= 0.6 is 0 Å². The van der Waals surface area contributed by atoms with E-state index in [1.165, 1.54) is 12.5 Å². The van der Waals surface area contributed by atoms with Crippen LogP contribution in [-0.4, -0.2) is 35.9 Å². The van der Waals surface area contributed by atoms with Crippen LogP contribution in [0.3, 0.4) is 0 Å². The van der Waals surface area contributed by atoms with Gasteiger partial charge in [0.1, 0.15) is 23.9 Å². The molecule has 0 bridgehead atoms. The molecule has 5 nitrogen and oxygen atoms in total. The molecule has 1 aliphatic heterocycles. The Morgan fingerprint density at radius 2 is 1.96 bits per heavy atom. The van der Waals surface area contributed by atoms with E-state index in [0.29, 0.717) is 17.9 Å². The molecule has 0 N–H and O–H groups in total. The minimum Gasteiger partial charge on any atom is -0.459 e. The minimum absolute atomic E-state index is 0.191. The Hall–Kier alpha value is -1.62. The highest BCUT2D eigenvalue weighted by molar-refractivity contribution is 5.87. The number of fused-ring (bicyclic) bond motifs is 1. The van der Waals surface area contributed by atoms with Crippen LogP contribution in [0.1, 0.15) is 67.7 Å². The molecule has 0 saturated carbocycles. The maximum atomic E-state index is 12.4. The van der Waals surface area contributed by atoms with Gasteiger partial charge in [0.2, 0.25) is 0 Å². The summed E-state index contributed by atoms with van der Waals surface area (Å²) in [5, 5.41) is 0. The molecule has 0 radical (unpaired) electrons. The third kappa shape index (κ3) is 5.01. The fourth-order valence-electron chi connectivity index (χ4n) is 3.88. The van der Waals surface area contributed by atoms with Crippen LogP contribution in [0.5, 0.6) is 0 Å². The van der Waals surface area contributed by atoms with Crippen LogP contribution in [0.25, 0.3) is 0 Å². The summed E-state index contributed by atoms with van der Waals surface area (Å²) in [6.07, 6.45) is 5.36. The van der Waals surface area contributed by atoms with Crippen molar-refractivity contribution in [2.24, 2.45) is 11.8 Å². The van der Waals surface area contributed by atoms with E-state index in [0.717, 1.165) is 12.8 Å². The summed E-state index contributed by atoms with van der Waals surface area (Å²) >= 11 is 0. The van der Waals surface area contributed by atoms with E-state index >= 15 is 0 Å². The van der Waals surface area contributed by atoms with Gasteiger partial charge < -0.3 is 14.2 Å². The van der Waals surface area contributed by atoms with Crippen molar-refractivity contribution < 1.29 is 23.8 Å². The Morgan fingerprint density at radius 3 is 2.52 bits per heavy atom. The normalized spacial score (nSPS) is 34.4. The number of ether oxygens (including phenoxy) is 3. The molecule has 1 saturated heterocycles. The average Bonchev–Trinajstić information content (AvgIpc) is 3.28. The lowest BCUT2D eigenvalue weighted by Crippen LogP contribution is -2.42. The molecule has 1 fully saturated rings. The third-order valence-electron chi connectivity index (χ3n) is 5.96. The van der Waals surface area contributed by atoms with Gasteiger partial charge in [-0.3, -0.25) is 4.79 Å². The average molecular weight is 379 g/mol. The largest absolute Gasteiger partial charge is 0.459 e.